The Hall–Kier alpha value is -2.44. The van der Waals surface area contributed by atoms with Gasteiger partial charge in [-0.05, 0) is 49.7 Å². The van der Waals surface area contributed by atoms with E-state index in [-0.39, 0.29) is 11.9 Å². The van der Waals surface area contributed by atoms with Crippen LogP contribution in [0.2, 0.25) is 5.02 Å². The third-order valence-corrected chi connectivity index (χ3v) is 5.59. The van der Waals surface area contributed by atoms with Crippen LogP contribution in [0.25, 0.3) is 0 Å². The average molecular weight is 419 g/mol. The lowest BCUT2D eigenvalue weighted by molar-refractivity contribution is 0.0934. The molecule has 3 rings (SSSR count). The maximum absolute atomic E-state index is 13.0. The Labute approximate surface area is 176 Å². The quantitative estimate of drug-likeness (QED) is 0.703. The molecule has 1 heterocycles. The van der Waals surface area contributed by atoms with Gasteiger partial charge >= 0.3 is 0 Å². The number of hydrogen-bond acceptors (Lipinski definition) is 5. The fourth-order valence-corrected chi connectivity index (χ4v) is 4.06. The highest BCUT2D eigenvalue weighted by molar-refractivity contribution is 6.31. The van der Waals surface area contributed by atoms with E-state index in [1.165, 1.54) is 14.2 Å². The fourth-order valence-electron chi connectivity index (χ4n) is 3.80. The summed E-state index contributed by atoms with van der Waals surface area (Å²) in [5.74, 6) is 1.01. The molecule has 1 atom stereocenters. The number of carbonyl (C=O) groups excluding carboxylic acids is 1. The van der Waals surface area contributed by atoms with E-state index in [1.54, 1.807) is 19.2 Å². The highest BCUT2D eigenvalue weighted by atomic mass is 35.5. The van der Waals surface area contributed by atoms with Crippen molar-refractivity contribution >= 4 is 17.5 Å². The molecule has 1 amide bonds. The van der Waals surface area contributed by atoms with Gasteiger partial charge in [0.25, 0.3) is 5.91 Å². The fraction of sp³-hybridized carbons (Fsp3) is 0.409. The monoisotopic (exact) mass is 418 g/mol. The van der Waals surface area contributed by atoms with Crippen molar-refractivity contribution in [1.82, 2.24) is 10.2 Å². The predicted octanol–water partition coefficient (Wildman–Crippen LogP) is 3.93. The number of halogens is 1. The van der Waals surface area contributed by atoms with Gasteiger partial charge in [0.1, 0.15) is 0 Å². The summed E-state index contributed by atoms with van der Waals surface area (Å²) < 4.78 is 16.1. The van der Waals surface area contributed by atoms with Crippen LogP contribution in [0.5, 0.6) is 17.2 Å². The van der Waals surface area contributed by atoms with Gasteiger partial charge < -0.3 is 19.5 Å². The Morgan fingerprint density at radius 3 is 2.34 bits per heavy atom. The van der Waals surface area contributed by atoms with Crippen molar-refractivity contribution in [2.45, 2.75) is 18.9 Å². The zero-order valence-corrected chi connectivity index (χ0v) is 17.8. The van der Waals surface area contributed by atoms with Gasteiger partial charge in [-0.2, -0.15) is 0 Å². The zero-order valence-electron chi connectivity index (χ0n) is 17.0. The first-order valence-electron chi connectivity index (χ1n) is 9.66. The molecule has 1 saturated heterocycles. The van der Waals surface area contributed by atoms with E-state index < -0.39 is 0 Å². The van der Waals surface area contributed by atoms with E-state index in [9.17, 15) is 4.79 Å². The normalized spacial score (nSPS) is 15.0. The summed E-state index contributed by atoms with van der Waals surface area (Å²) in [6.07, 6.45) is 2.30. The molecule has 29 heavy (non-hydrogen) atoms. The smallest absolute Gasteiger partial charge is 0.255 e. The summed E-state index contributed by atoms with van der Waals surface area (Å²) in [7, 11) is 4.56. The van der Waals surface area contributed by atoms with Gasteiger partial charge in [-0.1, -0.05) is 29.8 Å². The van der Waals surface area contributed by atoms with Crippen molar-refractivity contribution in [2.75, 3.05) is 41.0 Å². The average Bonchev–Trinajstić information content (AvgIpc) is 3.28. The molecule has 6 nitrogen and oxygen atoms in total. The number of amides is 1. The van der Waals surface area contributed by atoms with Crippen molar-refractivity contribution in [2.24, 2.45) is 0 Å². The van der Waals surface area contributed by atoms with E-state index in [4.69, 9.17) is 25.8 Å². The van der Waals surface area contributed by atoms with Crippen LogP contribution in [0.1, 0.15) is 34.8 Å². The number of hydrogen-bond donors (Lipinski definition) is 1. The van der Waals surface area contributed by atoms with Crippen molar-refractivity contribution in [3.05, 3.63) is 52.5 Å². The number of rotatable bonds is 8. The molecule has 1 N–H and O–H groups in total. The number of benzene rings is 2. The molecule has 1 aliphatic heterocycles. The Balaban J connectivity index is 1.83. The van der Waals surface area contributed by atoms with Gasteiger partial charge in [-0.15, -0.1) is 0 Å². The third kappa shape index (κ3) is 4.60. The largest absolute Gasteiger partial charge is 0.493 e. The molecule has 156 valence electrons. The summed E-state index contributed by atoms with van der Waals surface area (Å²) >= 11 is 6.46. The van der Waals surface area contributed by atoms with Gasteiger partial charge in [-0.3, -0.25) is 9.69 Å². The van der Waals surface area contributed by atoms with E-state index in [1.807, 2.05) is 24.3 Å². The number of likely N-dealkylation sites (tertiary alicyclic amines) is 1. The number of ether oxygens (including phenoxy) is 3. The minimum Gasteiger partial charge on any atom is -0.493 e. The first-order valence-corrected chi connectivity index (χ1v) is 10.0. The highest BCUT2D eigenvalue weighted by Gasteiger charge is 2.27. The minimum atomic E-state index is -0.237. The summed E-state index contributed by atoms with van der Waals surface area (Å²) in [5.41, 5.74) is 1.42. The van der Waals surface area contributed by atoms with Crippen molar-refractivity contribution in [3.63, 3.8) is 0 Å². The molecule has 0 radical (unpaired) electrons. The second kappa shape index (κ2) is 9.85. The Morgan fingerprint density at radius 2 is 1.72 bits per heavy atom. The number of nitrogens with zero attached hydrogens (tertiary/aromatic N) is 1. The summed E-state index contributed by atoms with van der Waals surface area (Å²) in [4.78, 5) is 15.4. The van der Waals surface area contributed by atoms with Crippen molar-refractivity contribution in [1.29, 1.82) is 0 Å². The molecule has 0 aliphatic carbocycles. The van der Waals surface area contributed by atoms with Gasteiger partial charge in [0.05, 0.1) is 32.9 Å². The molecule has 0 spiro atoms. The Morgan fingerprint density at radius 1 is 1.03 bits per heavy atom. The molecule has 0 bridgehead atoms. The molecule has 0 unspecified atom stereocenters. The van der Waals surface area contributed by atoms with E-state index in [2.05, 4.69) is 10.2 Å². The van der Waals surface area contributed by atoms with Crippen LogP contribution >= 0.6 is 11.6 Å². The van der Waals surface area contributed by atoms with Crippen LogP contribution in [0.4, 0.5) is 0 Å². The predicted molar refractivity (Wildman–Crippen MR) is 113 cm³/mol. The maximum atomic E-state index is 13.0. The zero-order chi connectivity index (χ0) is 20.8. The molecule has 2 aromatic rings. The SMILES string of the molecule is COc1ccc(C(=O)NC[C@@H](c2ccccc2Cl)N2CCCC2)c(OC)c1OC. The molecule has 7 heteroatoms. The van der Waals surface area contributed by atoms with Crippen LogP contribution in [0, 0.1) is 0 Å². The number of nitrogens with one attached hydrogen (secondary N) is 1. The maximum Gasteiger partial charge on any atom is 0.255 e. The first kappa shape index (κ1) is 21.3. The molecule has 2 aromatic carbocycles. The van der Waals surface area contributed by atoms with Crippen LogP contribution in [0.3, 0.4) is 0 Å². The van der Waals surface area contributed by atoms with Crippen LogP contribution in [-0.2, 0) is 0 Å². The lowest BCUT2D eigenvalue weighted by atomic mass is 10.0. The lowest BCUT2D eigenvalue weighted by Gasteiger charge is -2.29. The second-order valence-electron chi connectivity index (χ2n) is 6.87. The van der Waals surface area contributed by atoms with Gasteiger partial charge in [0.2, 0.25) is 5.75 Å². The van der Waals surface area contributed by atoms with E-state index in [0.717, 1.165) is 31.5 Å². The van der Waals surface area contributed by atoms with Gasteiger partial charge in [0, 0.05) is 11.6 Å². The topological polar surface area (TPSA) is 60.0 Å². The number of carbonyl (C=O) groups is 1. The van der Waals surface area contributed by atoms with Gasteiger partial charge in [-0.25, -0.2) is 0 Å². The third-order valence-electron chi connectivity index (χ3n) is 5.25. The summed E-state index contributed by atoms with van der Waals surface area (Å²) in [6, 6.07) is 11.2. The standard InChI is InChI=1S/C22H27ClN2O4/c1-27-19-11-10-16(20(28-2)21(19)29-3)22(26)24-14-18(25-12-6-7-13-25)15-8-4-5-9-17(15)23/h4-5,8-11,18H,6-7,12-14H2,1-3H3,(H,24,26)/t18-/m0/s1. The van der Waals surface area contributed by atoms with Crippen molar-refractivity contribution in [3.8, 4) is 17.2 Å². The second-order valence-corrected chi connectivity index (χ2v) is 7.28. The van der Waals surface area contributed by atoms with Crippen LogP contribution < -0.4 is 19.5 Å². The minimum absolute atomic E-state index is 0.0151. The molecule has 0 aromatic heterocycles. The summed E-state index contributed by atoms with van der Waals surface area (Å²) in [5, 5.41) is 3.76. The molecular formula is C22H27ClN2O4. The Kier molecular flexibility index (Phi) is 7.23. The van der Waals surface area contributed by atoms with E-state index >= 15 is 0 Å². The van der Waals surface area contributed by atoms with Crippen LogP contribution in [0.15, 0.2) is 36.4 Å². The Bertz CT molecular complexity index is 853. The van der Waals surface area contributed by atoms with Gasteiger partial charge in [0.15, 0.2) is 11.5 Å². The van der Waals surface area contributed by atoms with Crippen LogP contribution in [-0.4, -0.2) is 51.8 Å². The lowest BCUT2D eigenvalue weighted by Crippen LogP contribution is -2.37. The molecule has 1 fully saturated rings. The molecule has 1 aliphatic rings. The molecule has 0 saturated carbocycles. The highest BCUT2D eigenvalue weighted by Crippen LogP contribution is 2.39. The van der Waals surface area contributed by atoms with E-state index in [0.29, 0.717) is 34.4 Å². The first-order chi connectivity index (χ1) is 14.1. The number of methoxy groups -OCH3 is 3. The molecular weight excluding hydrogens is 392 g/mol. The summed E-state index contributed by atoms with van der Waals surface area (Å²) in [6.45, 7) is 2.43. The van der Waals surface area contributed by atoms with Crippen molar-refractivity contribution < 1.29 is 19.0 Å².